The summed E-state index contributed by atoms with van der Waals surface area (Å²) in [6, 6.07) is 14.7. The third-order valence-electron chi connectivity index (χ3n) is 6.85. The molecule has 0 saturated heterocycles. The maximum Gasteiger partial charge on any atom is 0.410 e. The van der Waals surface area contributed by atoms with Crippen molar-refractivity contribution in [3.05, 3.63) is 59.7 Å². The second kappa shape index (κ2) is 10.6. The summed E-state index contributed by atoms with van der Waals surface area (Å²) in [5, 5.41) is 14.9. The number of anilines is 2. The third kappa shape index (κ3) is 5.87. The second-order valence-corrected chi connectivity index (χ2v) is 9.15. The van der Waals surface area contributed by atoms with Gasteiger partial charge in [-0.25, -0.2) is 9.59 Å². The Morgan fingerprint density at radius 3 is 2.38 bits per heavy atom. The number of urea groups is 1. The second-order valence-electron chi connectivity index (χ2n) is 9.15. The molecule has 0 bridgehead atoms. The lowest BCUT2D eigenvalue weighted by Crippen LogP contribution is -2.39. The molecule has 1 aliphatic carbocycles. The van der Waals surface area contributed by atoms with Crippen molar-refractivity contribution in [3.63, 3.8) is 0 Å². The van der Waals surface area contributed by atoms with Crippen molar-refractivity contribution in [1.82, 2.24) is 4.90 Å². The molecule has 180 valence electrons. The highest BCUT2D eigenvalue weighted by Gasteiger charge is 2.31. The molecule has 1 aliphatic heterocycles. The molecule has 1 atom stereocenters. The molecule has 1 heterocycles. The highest BCUT2D eigenvalue weighted by atomic mass is 16.6. The fraction of sp³-hybridized carbons (Fsp3) is 0.423. The SMILES string of the molecule is C[C@@H](C(=O)O)C1CCC(OC(=O)N2CCc3cc(NC(=O)Nc4ccccc4)ccc3C2)CC1. The van der Waals surface area contributed by atoms with Crippen LogP contribution in [0.3, 0.4) is 0 Å². The van der Waals surface area contributed by atoms with Crippen LogP contribution in [0, 0.1) is 11.8 Å². The van der Waals surface area contributed by atoms with Crippen molar-refractivity contribution >= 4 is 29.5 Å². The summed E-state index contributed by atoms with van der Waals surface area (Å²) in [5.41, 5.74) is 3.56. The molecule has 0 radical (unpaired) electrons. The number of carboxylic acids is 1. The molecule has 2 aromatic rings. The molecule has 3 N–H and O–H groups in total. The van der Waals surface area contributed by atoms with Crippen LogP contribution in [0.25, 0.3) is 0 Å². The van der Waals surface area contributed by atoms with Crippen LogP contribution in [0.15, 0.2) is 48.5 Å². The van der Waals surface area contributed by atoms with Crippen molar-refractivity contribution in [2.45, 2.75) is 51.7 Å². The lowest BCUT2D eigenvalue weighted by Gasteiger charge is -2.33. The normalized spacial score (nSPS) is 20.6. The number of nitrogens with zero attached hydrogens (tertiary/aromatic N) is 1. The van der Waals surface area contributed by atoms with Crippen LogP contribution in [-0.4, -0.2) is 40.7 Å². The number of nitrogens with one attached hydrogen (secondary N) is 2. The number of rotatable bonds is 5. The Labute approximate surface area is 199 Å². The number of aliphatic carboxylic acids is 1. The van der Waals surface area contributed by atoms with Gasteiger partial charge in [-0.2, -0.15) is 0 Å². The van der Waals surface area contributed by atoms with E-state index in [-0.39, 0.29) is 30.1 Å². The molecule has 2 aromatic carbocycles. The van der Waals surface area contributed by atoms with Crippen molar-refractivity contribution in [1.29, 1.82) is 0 Å². The van der Waals surface area contributed by atoms with Crippen LogP contribution in [0.1, 0.15) is 43.7 Å². The number of hydrogen-bond acceptors (Lipinski definition) is 4. The summed E-state index contributed by atoms with van der Waals surface area (Å²) in [5.74, 6) is -0.978. The maximum atomic E-state index is 12.7. The highest BCUT2D eigenvalue weighted by Crippen LogP contribution is 2.32. The fourth-order valence-electron chi connectivity index (χ4n) is 4.73. The summed E-state index contributed by atoms with van der Waals surface area (Å²) >= 11 is 0. The van der Waals surface area contributed by atoms with Gasteiger partial charge in [0.05, 0.1) is 5.92 Å². The van der Waals surface area contributed by atoms with Crippen molar-refractivity contribution in [2.75, 3.05) is 17.2 Å². The zero-order valence-electron chi connectivity index (χ0n) is 19.3. The van der Waals surface area contributed by atoms with Gasteiger partial charge in [0.15, 0.2) is 0 Å². The number of carboxylic acid groups (broad SMARTS) is 1. The number of carbonyl (C=O) groups excluding carboxylic acids is 2. The number of benzene rings is 2. The molecule has 0 unspecified atom stereocenters. The third-order valence-corrected chi connectivity index (χ3v) is 6.85. The van der Waals surface area contributed by atoms with E-state index in [4.69, 9.17) is 4.74 Å². The van der Waals surface area contributed by atoms with Crippen molar-refractivity contribution in [2.24, 2.45) is 11.8 Å². The van der Waals surface area contributed by atoms with Crippen LogP contribution in [0.2, 0.25) is 0 Å². The zero-order valence-corrected chi connectivity index (χ0v) is 19.3. The molecule has 1 saturated carbocycles. The summed E-state index contributed by atoms with van der Waals surface area (Å²) in [6.07, 6.45) is 3.16. The molecule has 3 amide bonds. The summed E-state index contributed by atoms with van der Waals surface area (Å²) in [4.78, 5) is 37.9. The molecule has 4 rings (SSSR count). The monoisotopic (exact) mass is 465 g/mol. The average Bonchev–Trinajstić information content (AvgIpc) is 2.84. The molecular formula is C26H31N3O5. The van der Waals surface area contributed by atoms with E-state index < -0.39 is 5.97 Å². The van der Waals surface area contributed by atoms with E-state index >= 15 is 0 Å². The lowest BCUT2D eigenvalue weighted by molar-refractivity contribution is -0.143. The maximum absolute atomic E-state index is 12.7. The number of carbonyl (C=O) groups is 3. The first-order valence-electron chi connectivity index (χ1n) is 11.8. The Bertz CT molecular complexity index is 1030. The Hall–Kier alpha value is -3.55. The summed E-state index contributed by atoms with van der Waals surface area (Å²) in [6.45, 7) is 2.77. The van der Waals surface area contributed by atoms with Gasteiger partial charge in [0.2, 0.25) is 0 Å². The molecule has 0 spiro atoms. The fourth-order valence-corrected chi connectivity index (χ4v) is 4.73. The molecule has 2 aliphatic rings. The van der Waals surface area contributed by atoms with Crippen LogP contribution in [0.4, 0.5) is 21.0 Å². The lowest BCUT2D eigenvalue weighted by atomic mass is 9.80. The topological polar surface area (TPSA) is 108 Å². The van der Waals surface area contributed by atoms with E-state index in [2.05, 4.69) is 10.6 Å². The minimum absolute atomic E-state index is 0.145. The van der Waals surface area contributed by atoms with Crippen LogP contribution in [-0.2, 0) is 22.5 Å². The van der Waals surface area contributed by atoms with Gasteiger partial charge in [0.1, 0.15) is 6.10 Å². The summed E-state index contributed by atoms with van der Waals surface area (Å²) in [7, 11) is 0. The smallest absolute Gasteiger partial charge is 0.410 e. The number of amides is 3. The first kappa shape index (κ1) is 23.6. The van der Waals surface area contributed by atoms with Crippen LogP contribution < -0.4 is 10.6 Å². The highest BCUT2D eigenvalue weighted by molar-refractivity contribution is 5.99. The predicted molar refractivity (Wildman–Crippen MR) is 129 cm³/mol. The largest absolute Gasteiger partial charge is 0.481 e. The van der Waals surface area contributed by atoms with Crippen LogP contribution in [0.5, 0.6) is 0 Å². The molecule has 1 fully saturated rings. The standard InChI is InChI=1S/C26H31N3O5/c1-17(24(30)31)18-8-11-23(12-9-18)34-26(33)29-14-13-19-15-22(10-7-20(19)16-29)28-25(32)27-21-5-3-2-4-6-21/h2-7,10,15,17-18,23H,8-9,11-14,16H2,1H3,(H,30,31)(H2,27,28,32)/t17-,18?,23?/m1/s1. The zero-order chi connectivity index (χ0) is 24.1. The van der Waals surface area contributed by atoms with E-state index in [9.17, 15) is 19.5 Å². The van der Waals surface area contributed by atoms with E-state index in [0.717, 1.165) is 29.7 Å². The van der Waals surface area contributed by atoms with Gasteiger partial charge >= 0.3 is 18.1 Å². The van der Waals surface area contributed by atoms with Crippen molar-refractivity contribution in [3.8, 4) is 0 Å². The number of fused-ring (bicyclic) bond motifs is 1. The Kier molecular flexibility index (Phi) is 7.35. The Balaban J connectivity index is 1.27. The average molecular weight is 466 g/mol. The Morgan fingerprint density at radius 2 is 1.68 bits per heavy atom. The van der Waals surface area contributed by atoms with E-state index in [1.54, 1.807) is 11.8 Å². The first-order chi connectivity index (χ1) is 16.4. The van der Waals surface area contributed by atoms with E-state index in [1.807, 2.05) is 48.5 Å². The minimum Gasteiger partial charge on any atom is -0.481 e. The molecule has 0 aromatic heterocycles. The van der Waals surface area contributed by atoms with Gasteiger partial charge in [-0.05, 0) is 73.4 Å². The predicted octanol–water partition coefficient (Wildman–Crippen LogP) is 5.10. The van der Waals surface area contributed by atoms with Gasteiger partial charge in [-0.1, -0.05) is 31.2 Å². The first-order valence-corrected chi connectivity index (χ1v) is 11.8. The van der Waals surface area contributed by atoms with Crippen molar-refractivity contribution < 1.29 is 24.2 Å². The van der Waals surface area contributed by atoms with Gasteiger partial charge in [-0.3, -0.25) is 4.79 Å². The van der Waals surface area contributed by atoms with Gasteiger partial charge < -0.3 is 25.4 Å². The van der Waals surface area contributed by atoms with Gasteiger partial charge in [-0.15, -0.1) is 0 Å². The Morgan fingerprint density at radius 1 is 0.971 bits per heavy atom. The van der Waals surface area contributed by atoms with E-state index in [0.29, 0.717) is 38.0 Å². The number of hydrogen-bond donors (Lipinski definition) is 3. The number of ether oxygens (including phenoxy) is 1. The van der Waals surface area contributed by atoms with Gasteiger partial charge in [0.25, 0.3) is 0 Å². The van der Waals surface area contributed by atoms with Gasteiger partial charge in [0, 0.05) is 24.5 Å². The molecule has 34 heavy (non-hydrogen) atoms. The minimum atomic E-state index is -0.761. The quantitative estimate of drug-likeness (QED) is 0.569. The van der Waals surface area contributed by atoms with E-state index in [1.165, 1.54) is 0 Å². The molecular weight excluding hydrogens is 434 g/mol. The van der Waals surface area contributed by atoms with Crippen LogP contribution >= 0.6 is 0 Å². The molecule has 8 heteroatoms. The summed E-state index contributed by atoms with van der Waals surface area (Å²) < 4.78 is 5.74. The molecule has 8 nitrogen and oxygen atoms in total. The number of para-hydroxylation sites is 1.